The van der Waals surface area contributed by atoms with Gasteiger partial charge >= 0.3 is 0 Å². The van der Waals surface area contributed by atoms with Crippen LogP contribution in [0.25, 0.3) is 116 Å². The minimum absolute atomic E-state index is 0.126. The maximum atomic E-state index is 7.39. The fourth-order valence-corrected chi connectivity index (χ4v) is 10.3. The van der Waals surface area contributed by atoms with E-state index in [0.717, 1.165) is 77.0 Å². The van der Waals surface area contributed by atoms with Crippen molar-refractivity contribution in [3.8, 4) is 67.5 Å². The minimum Gasteiger partial charge on any atom is -0.455 e. The highest BCUT2D eigenvalue weighted by Crippen LogP contribution is 2.47. The number of aromatic nitrogens is 3. The molecule has 9 aromatic carbocycles. The van der Waals surface area contributed by atoms with Crippen molar-refractivity contribution in [3.63, 3.8) is 0 Å². The summed E-state index contributed by atoms with van der Waals surface area (Å²) >= 11 is 0. The number of fused-ring (bicyclic) bond motifs is 7. The van der Waals surface area contributed by atoms with E-state index in [1.54, 1.807) is 0 Å². The predicted molar refractivity (Wildman–Crippen MR) is 276 cm³/mol. The maximum Gasteiger partial charge on any atom is 0.187 e. The van der Waals surface area contributed by atoms with Crippen molar-refractivity contribution in [2.45, 2.75) is 51.4 Å². The Morgan fingerprint density at radius 2 is 0.955 bits per heavy atom. The van der Waals surface area contributed by atoms with Gasteiger partial charge in [0.2, 0.25) is 0 Å². The highest BCUT2D eigenvalue weighted by molar-refractivity contribution is 6.14. The summed E-state index contributed by atoms with van der Waals surface area (Å²) < 4.78 is 6.72. The van der Waals surface area contributed by atoms with Gasteiger partial charge in [0.05, 0.1) is 6.57 Å². The van der Waals surface area contributed by atoms with Crippen LogP contribution in [0, 0.1) is 6.57 Å². The van der Waals surface area contributed by atoms with Crippen molar-refractivity contribution in [1.29, 1.82) is 0 Å². The standard InChI is InChI=1S/C62H46N4O/c1-61(2)32-33-62(3,4)55-37-43(28-31-54(55)61)40-18-22-41(23-19-40)51-35-45(36-52-50-16-10-11-17-56(50)67-57(51)52)59-64-58(42-24-20-38(21-25-42)39-26-29-46(63-5)30-27-39)65-60(66-59)53-34-44-12-6-7-13-47(44)48-14-8-9-15-49(48)53/h6-31,34-37H,32-33H2,1-4H3. The molecule has 0 saturated carbocycles. The molecular weight excluding hydrogens is 817 g/mol. The van der Waals surface area contributed by atoms with E-state index in [1.165, 1.54) is 40.5 Å². The van der Waals surface area contributed by atoms with Gasteiger partial charge in [-0.1, -0.05) is 185 Å². The molecule has 11 aromatic rings. The summed E-state index contributed by atoms with van der Waals surface area (Å²) in [7, 11) is 0. The molecule has 2 aromatic heterocycles. The molecule has 67 heavy (non-hydrogen) atoms. The Kier molecular flexibility index (Phi) is 9.31. The van der Waals surface area contributed by atoms with Gasteiger partial charge in [0.25, 0.3) is 0 Å². The molecule has 0 amide bonds. The van der Waals surface area contributed by atoms with Crippen molar-refractivity contribution >= 4 is 49.2 Å². The molecule has 2 heterocycles. The van der Waals surface area contributed by atoms with Gasteiger partial charge in [-0.2, -0.15) is 0 Å². The molecule has 320 valence electrons. The van der Waals surface area contributed by atoms with Crippen molar-refractivity contribution in [3.05, 3.63) is 205 Å². The number of benzene rings is 9. The van der Waals surface area contributed by atoms with E-state index >= 15 is 0 Å². The van der Waals surface area contributed by atoms with Gasteiger partial charge in [-0.15, -0.1) is 0 Å². The van der Waals surface area contributed by atoms with Crippen LogP contribution in [-0.2, 0) is 10.8 Å². The van der Waals surface area contributed by atoms with E-state index in [9.17, 15) is 0 Å². The number of hydrogen-bond donors (Lipinski definition) is 0. The van der Waals surface area contributed by atoms with E-state index in [-0.39, 0.29) is 10.8 Å². The first-order valence-electron chi connectivity index (χ1n) is 23.1. The van der Waals surface area contributed by atoms with Gasteiger partial charge in [0, 0.05) is 33.0 Å². The summed E-state index contributed by atoms with van der Waals surface area (Å²) in [6, 6.07) is 63.8. The zero-order chi connectivity index (χ0) is 45.4. The summed E-state index contributed by atoms with van der Waals surface area (Å²) in [4.78, 5) is 19.5. The smallest absolute Gasteiger partial charge is 0.187 e. The first-order valence-corrected chi connectivity index (χ1v) is 23.1. The molecule has 0 radical (unpaired) electrons. The number of para-hydroxylation sites is 1. The fourth-order valence-electron chi connectivity index (χ4n) is 10.3. The Morgan fingerprint density at radius 3 is 1.67 bits per heavy atom. The number of hydrogen-bond acceptors (Lipinski definition) is 4. The van der Waals surface area contributed by atoms with E-state index in [2.05, 4.69) is 178 Å². The van der Waals surface area contributed by atoms with E-state index in [4.69, 9.17) is 25.9 Å². The van der Waals surface area contributed by atoms with Gasteiger partial charge < -0.3 is 4.42 Å². The van der Waals surface area contributed by atoms with E-state index < -0.39 is 0 Å². The Hall–Kier alpha value is -8.20. The van der Waals surface area contributed by atoms with Crippen LogP contribution in [0.1, 0.15) is 51.7 Å². The zero-order valence-electron chi connectivity index (χ0n) is 37.9. The molecule has 12 rings (SSSR count). The molecule has 5 heteroatoms. The Morgan fingerprint density at radius 1 is 0.418 bits per heavy atom. The topological polar surface area (TPSA) is 56.2 Å². The third-order valence-electron chi connectivity index (χ3n) is 14.2. The molecule has 0 spiro atoms. The monoisotopic (exact) mass is 862 g/mol. The molecule has 0 N–H and O–H groups in total. The molecule has 0 aliphatic heterocycles. The Balaban J connectivity index is 1.03. The van der Waals surface area contributed by atoms with E-state index in [1.807, 2.05) is 36.4 Å². The lowest BCUT2D eigenvalue weighted by atomic mass is 9.63. The second-order valence-corrected chi connectivity index (χ2v) is 19.3. The highest BCUT2D eigenvalue weighted by Gasteiger charge is 2.37. The summed E-state index contributed by atoms with van der Waals surface area (Å²) in [6.45, 7) is 16.9. The van der Waals surface area contributed by atoms with Crippen molar-refractivity contribution in [2.75, 3.05) is 0 Å². The third kappa shape index (κ3) is 6.96. The van der Waals surface area contributed by atoms with Crippen LogP contribution in [0.3, 0.4) is 0 Å². The Labute approximate surface area is 390 Å². The van der Waals surface area contributed by atoms with Crippen LogP contribution in [0.2, 0.25) is 0 Å². The van der Waals surface area contributed by atoms with Gasteiger partial charge in [-0.25, -0.2) is 19.8 Å². The molecule has 1 aliphatic carbocycles. The normalized spacial score (nSPS) is 14.1. The quantitative estimate of drug-likeness (QED) is 0.123. The minimum atomic E-state index is 0.126. The Bertz CT molecular complexity index is 3800. The second kappa shape index (κ2) is 15.5. The van der Waals surface area contributed by atoms with E-state index in [0.29, 0.717) is 23.2 Å². The summed E-state index contributed by atoms with van der Waals surface area (Å²) in [5.74, 6) is 1.74. The predicted octanol–water partition coefficient (Wildman–Crippen LogP) is 17.0. The van der Waals surface area contributed by atoms with Crippen LogP contribution < -0.4 is 0 Å². The molecule has 0 bridgehead atoms. The maximum absolute atomic E-state index is 7.39. The van der Waals surface area contributed by atoms with Crippen LogP contribution in [-0.4, -0.2) is 15.0 Å². The average Bonchev–Trinajstić information content (AvgIpc) is 3.76. The van der Waals surface area contributed by atoms with Crippen molar-refractivity contribution < 1.29 is 4.42 Å². The van der Waals surface area contributed by atoms with Crippen LogP contribution in [0.5, 0.6) is 0 Å². The van der Waals surface area contributed by atoms with Crippen molar-refractivity contribution in [1.82, 2.24) is 15.0 Å². The van der Waals surface area contributed by atoms with Crippen molar-refractivity contribution in [2.24, 2.45) is 0 Å². The van der Waals surface area contributed by atoms with Crippen LogP contribution >= 0.6 is 0 Å². The largest absolute Gasteiger partial charge is 0.455 e. The number of furan rings is 1. The fraction of sp³-hybridized carbons (Fsp3) is 0.129. The van der Waals surface area contributed by atoms with Gasteiger partial charge in [0.15, 0.2) is 23.2 Å². The molecule has 0 saturated heterocycles. The highest BCUT2D eigenvalue weighted by atomic mass is 16.3. The molecule has 0 fully saturated rings. The second-order valence-electron chi connectivity index (χ2n) is 19.3. The van der Waals surface area contributed by atoms with Gasteiger partial charge in [-0.3, -0.25) is 0 Å². The lowest BCUT2D eigenvalue weighted by Crippen LogP contribution is -2.33. The molecular formula is C62H46N4O. The first kappa shape index (κ1) is 40.3. The van der Waals surface area contributed by atoms with Crippen LogP contribution in [0.15, 0.2) is 186 Å². The SMILES string of the molecule is [C-]#[N+]c1ccc(-c2ccc(-c3nc(-c4cc(-c5ccc(-c6ccc7c(c6)C(C)(C)CCC7(C)C)cc5)c5oc6ccccc6c5c4)nc(-c4cc5ccccc5c5ccccc45)n3)cc2)cc1. The zero-order valence-corrected chi connectivity index (χ0v) is 37.9. The molecule has 0 unspecified atom stereocenters. The lowest BCUT2D eigenvalue weighted by molar-refractivity contribution is 0.332. The number of rotatable bonds is 6. The molecule has 5 nitrogen and oxygen atoms in total. The summed E-state index contributed by atoms with van der Waals surface area (Å²) in [6.07, 6.45) is 2.37. The van der Waals surface area contributed by atoms with Gasteiger partial charge in [-0.05, 0) is 108 Å². The average molecular weight is 863 g/mol. The molecule has 1 aliphatic rings. The third-order valence-corrected chi connectivity index (χ3v) is 14.2. The summed E-state index contributed by atoms with van der Waals surface area (Å²) in [5.41, 5.74) is 14.7. The first-order chi connectivity index (χ1) is 32.6. The number of nitrogens with zero attached hydrogens (tertiary/aromatic N) is 4. The molecule has 0 atom stereocenters. The van der Waals surface area contributed by atoms with Gasteiger partial charge in [0.1, 0.15) is 11.2 Å². The van der Waals surface area contributed by atoms with Crippen LogP contribution in [0.4, 0.5) is 5.69 Å². The summed E-state index contributed by atoms with van der Waals surface area (Å²) in [5, 5.41) is 6.56. The lowest BCUT2D eigenvalue weighted by Gasteiger charge is -2.42.